The molecule has 0 atom stereocenters. The van der Waals surface area contributed by atoms with E-state index in [1.807, 2.05) is 6.07 Å². The molecule has 0 radical (unpaired) electrons. The molecular weight excluding hydrogens is 518 g/mol. The standard InChI is InChI=1S/C26H32ClN3O4S2/c1-2-20-6-11-23-24(19-20)35-26(28-23)30(13-4-12-29-14-16-34-17-15-29)25(31)5-3-18-36(32,33)22-9-7-21(27)8-10-22/h6-11,19H,2-5,12-18H2,1H3. The van der Waals surface area contributed by atoms with Crippen molar-refractivity contribution in [2.45, 2.75) is 37.5 Å². The number of hydrogen-bond donors (Lipinski definition) is 0. The maximum atomic E-state index is 13.3. The third-order valence-electron chi connectivity index (χ3n) is 6.32. The van der Waals surface area contributed by atoms with Gasteiger partial charge in [-0.2, -0.15) is 0 Å². The summed E-state index contributed by atoms with van der Waals surface area (Å²) in [7, 11) is -3.48. The van der Waals surface area contributed by atoms with Crippen LogP contribution in [0, 0.1) is 0 Å². The van der Waals surface area contributed by atoms with Crippen LogP contribution in [0.5, 0.6) is 0 Å². The largest absolute Gasteiger partial charge is 0.379 e. The number of fused-ring (bicyclic) bond motifs is 1. The molecule has 0 bridgehead atoms. The second kappa shape index (κ2) is 12.5. The van der Waals surface area contributed by atoms with E-state index in [1.165, 1.54) is 29.0 Å². The summed E-state index contributed by atoms with van der Waals surface area (Å²) < 4.78 is 31.9. The van der Waals surface area contributed by atoms with Crippen molar-refractivity contribution in [1.29, 1.82) is 0 Å². The van der Waals surface area contributed by atoms with Crippen LogP contribution in [0.2, 0.25) is 5.02 Å². The van der Waals surface area contributed by atoms with E-state index in [0.717, 1.165) is 55.9 Å². The first-order valence-corrected chi connectivity index (χ1v) is 15.2. The predicted octanol–water partition coefficient (Wildman–Crippen LogP) is 4.82. The summed E-state index contributed by atoms with van der Waals surface area (Å²) in [4.78, 5) is 22.4. The third-order valence-corrected chi connectivity index (χ3v) is 9.43. The Balaban J connectivity index is 1.44. The van der Waals surface area contributed by atoms with Gasteiger partial charge in [0, 0.05) is 37.6 Å². The molecule has 1 aromatic heterocycles. The predicted molar refractivity (Wildman–Crippen MR) is 146 cm³/mol. The van der Waals surface area contributed by atoms with E-state index in [4.69, 9.17) is 21.3 Å². The number of sulfone groups is 1. The average Bonchev–Trinajstić information content (AvgIpc) is 3.30. The zero-order valence-electron chi connectivity index (χ0n) is 20.5. The van der Waals surface area contributed by atoms with Gasteiger partial charge in [0.05, 0.1) is 34.1 Å². The minimum absolute atomic E-state index is 0.0955. The van der Waals surface area contributed by atoms with Crippen molar-refractivity contribution >= 4 is 54.0 Å². The van der Waals surface area contributed by atoms with Gasteiger partial charge in [0.1, 0.15) is 0 Å². The first-order chi connectivity index (χ1) is 17.4. The van der Waals surface area contributed by atoms with E-state index in [0.29, 0.717) is 16.7 Å². The van der Waals surface area contributed by atoms with Crippen molar-refractivity contribution in [3.05, 3.63) is 53.1 Å². The number of halogens is 1. The minimum Gasteiger partial charge on any atom is -0.379 e. The molecule has 4 rings (SSSR count). The van der Waals surface area contributed by atoms with Crippen molar-refractivity contribution < 1.29 is 17.9 Å². The Morgan fingerprint density at radius 3 is 2.61 bits per heavy atom. The van der Waals surface area contributed by atoms with Gasteiger partial charge in [-0.3, -0.25) is 14.6 Å². The summed E-state index contributed by atoms with van der Waals surface area (Å²) in [6, 6.07) is 12.3. The number of amides is 1. The normalized spacial score (nSPS) is 14.8. The molecule has 0 N–H and O–H groups in total. The van der Waals surface area contributed by atoms with Crippen LogP contribution in [0.3, 0.4) is 0 Å². The molecule has 10 heteroatoms. The summed E-state index contributed by atoms with van der Waals surface area (Å²) in [6.45, 7) is 6.81. The van der Waals surface area contributed by atoms with Crippen molar-refractivity contribution in [3.8, 4) is 0 Å². The Hall–Kier alpha value is -2.04. The molecule has 1 fully saturated rings. The van der Waals surface area contributed by atoms with Gasteiger partial charge in [-0.25, -0.2) is 13.4 Å². The van der Waals surface area contributed by atoms with Gasteiger partial charge in [0.25, 0.3) is 0 Å². The maximum absolute atomic E-state index is 13.3. The highest BCUT2D eigenvalue weighted by Gasteiger charge is 2.22. The van der Waals surface area contributed by atoms with Crippen LogP contribution >= 0.6 is 22.9 Å². The monoisotopic (exact) mass is 549 g/mol. The zero-order valence-corrected chi connectivity index (χ0v) is 22.9. The van der Waals surface area contributed by atoms with Gasteiger partial charge in [-0.1, -0.05) is 35.9 Å². The molecule has 7 nitrogen and oxygen atoms in total. The van der Waals surface area contributed by atoms with Gasteiger partial charge < -0.3 is 4.74 Å². The number of rotatable bonds is 11. The number of aromatic nitrogens is 1. The van der Waals surface area contributed by atoms with E-state index in [1.54, 1.807) is 17.0 Å². The number of ether oxygens (including phenoxy) is 1. The van der Waals surface area contributed by atoms with Gasteiger partial charge in [-0.15, -0.1) is 0 Å². The zero-order chi connectivity index (χ0) is 25.5. The van der Waals surface area contributed by atoms with Crippen molar-refractivity contribution in [1.82, 2.24) is 9.88 Å². The third kappa shape index (κ3) is 7.04. The Kier molecular flexibility index (Phi) is 9.35. The fourth-order valence-corrected chi connectivity index (χ4v) is 6.71. The summed E-state index contributed by atoms with van der Waals surface area (Å²) in [6.07, 6.45) is 2.13. The number of nitrogens with zero attached hydrogens (tertiary/aromatic N) is 3. The lowest BCUT2D eigenvalue weighted by Gasteiger charge is -2.27. The van der Waals surface area contributed by atoms with E-state index >= 15 is 0 Å². The number of carbonyl (C=O) groups is 1. The number of benzene rings is 2. The summed E-state index contributed by atoms with van der Waals surface area (Å²) in [5.41, 5.74) is 2.11. The van der Waals surface area contributed by atoms with Crippen LogP contribution in [-0.4, -0.2) is 69.4 Å². The topological polar surface area (TPSA) is 79.8 Å². The molecule has 1 amide bonds. The van der Waals surface area contributed by atoms with E-state index < -0.39 is 9.84 Å². The van der Waals surface area contributed by atoms with Crippen LogP contribution in [0.25, 0.3) is 10.2 Å². The van der Waals surface area contributed by atoms with E-state index in [9.17, 15) is 13.2 Å². The Bertz CT molecular complexity index is 1270. The fraction of sp³-hybridized carbons (Fsp3) is 0.462. The fourth-order valence-electron chi connectivity index (χ4n) is 4.20. The van der Waals surface area contributed by atoms with E-state index in [-0.39, 0.29) is 29.4 Å². The van der Waals surface area contributed by atoms with Crippen molar-refractivity contribution in [3.63, 3.8) is 0 Å². The first-order valence-electron chi connectivity index (χ1n) is 12.3. The van der Waals surface area contributed by atoms with Gasteiger partial charge in [-0.05, 0) is 61.2 Å². The lowest BCUT2D eigenvalue weighted by molar-refractivity contribution is -0.118. The number of thiazole rings is 1. The molecule has 2 aromatic carbocycles. The lowest BCUT2D eigenvalue weighted by atomic mass is 10.2. The van der Waals surface area contributed by atoms with Crippen LogP contribution in [0.1, 0.15) is 31.7 Å². The number of carbonyl (C=O) groups excluding carboxylic acids is 1. The molecule has 194 valence electrons. The Labute approximate surface area is 221 Å². The summed E-state index contributed by atoms with van der Waals surface area (Å²) >= 11 is 7.40. The molecule has 1 saturated heterocycles. The highest BCUT2D eigenvalue weighted by Crippen LogP contribution is 2.30. The number of anilines is 1. The molecule has 3 aromatic rings. The molecule has 0 unspecified atom stereocenters. The number of aryl methyl sites for hydroxylation is 1. The lowest BCUT2D eigenvalue weighted by Crippen LogP contribution is -2.39. The summed E-state index contributed by atoms with van der Waals surface area (Å²) in [5, 5.41) is 1.16. The Morgan fingerprint density at radius 1 is 1.14 bits per heavy atom. The summed E-state index contributed by atoms with van der Waals surface area (Å²) in [5.74, 6) is -0.195. The van der Waals surface area contributed by atoms with Crippen molar-refractivity contribution in [2.24, 2.45) is 0 Å². The molecule has 36 heavy (non-hydrogen) atoms. The maximum Gasteiger partial charge on any atom is 0.228 e. The van der Waals surface area contributed by atoms with Gasteiger partial charge in [0.2, 0.25) is 5.91 Å². The quantitative estimate of drug-likeness (QED) is 0.341. The molecule has 0 saturated carbocycles. The number of morpholine rings is 1. The highest BCUT2D eigenvalue weighted by molar-refractivity contribution is 7.91. The second-order valence-electron chi connectivity index (χ2n) is 8.88. The van der Waals surface area contributed by atoms with Gasteiger partial charge in [0.15, 0.2) is 15.0 Å². The first kappa shape index (κ1) is 27.0. The van der Waals surface area contributed by atoms with Crippen LogP contribution in [0.4, 0.5) is 5.13 Å². The molecule has 0 spiro atoms. The van der Waals surface area contributed by atoms with Gasteiger partial charge >= 0.3 is 0 Å². The van der Waals surface area contributed by atoms with Crippen LogP contribution < -0.4 is 4.90 Å². The van der Waals surface area contributed by atoms with Crippen LogP contribution in [-0.2, 0) is 25.8 Å². The smallest absolute Gasteiger partial charge is 0.228 e. The van der Waals surface area contributed by atoms with Crippen LogP contribution in [0.15, 0.2) is 47.4 Å². The van der Waals surface area contributed by atoms with Crippen molar-refractivity contribution in [2.75, 3.05) is 50.0 Å². The Morgan fingerprint density at radius 2 is 1.89 bits per heavy atom. The molecular formula is C26H32ClN3O4S2. The SMILES string of the molecule is CCc1ccc2nc(N(CCCN3CCOCC3)C(=O)CCCS(=O)(=O)c3ccc(Cl)cc3)sc2c1. The molecule has 1 aliphatic heterocycles. The average molecular weight is 550 g/mol. The minimum atomic E-state index is -3.48. The van der Waals surface area contributed by atoms with E-state index in [2.05, 4.69) is 24.0 Å². The molecule has 0 aliphatic carbocycles. The molecule has 1 aliphatic rings. The second-order valence-corrected chi connectivity index (χ2v) is 12.4. The number of hydrogen-bond acceptors (Lipinski definition) is 7. The molecule has 2 heterocycles. The highest BCUT2D eigenvalue weighted by atomic mass is 35.5.